The zero-order chi connectivity index (χ0) is 14.3. The molecular weight excluding hydrogens is 240 g/mol. The molecule has 1 amide bonds. The summed E-state index contributed by atoms with van der Waals surface area (Å²) in [6, 6.07) is 7.28. The van der Waals surface area contributed by atoms with Gasteiger partial charge in [-0.05, 0) is 30.4 Å². The Hall–Kier alpha value is -1.39. The summed E-state index contributed by atoms with van der Waals surface area (Å²) in [5.41, 5.74) is 7.77. The highest BCUT2D eigenvalue weighted by Gasteiger charge is 2.16. The molecule has 0 heterocycles. The molecule has 0 aliphatic carbocycles. The van der Waals surface area contributed by atoms with Crippen molar-refractivity contribution in [2.75, 3.05) is 19.0 Å². The Bertz CT molecular complexity index is 405. The summed E-state index contributed by atoms with van der Waals surface area (Å²) in [4.78, 5) is 12.0. The molecular formula is C15H24N2O2. The largest absolute Gasteiger partial charge is 0.384 e. The number of rotatable bonds is 7. The molecule has 3 N–H and O–H groups in total. The second kappa shape index (κ2) is 7.92. The zero-order valence-electron chi connectivity index (χ0n) is 12.0. The molecule has 4 heteroatoms. The average Bonchev–Trinajstić information content (AvgIpc) is 2.36. The predicted octanol–water partition coefficient (Wildman–Crippen LogP) is 2.19. The first-order valence-electron chi connectivity index (χ1n) is 6.68. The van der Waals surface area contributed by atoms with Crippen molar-refractivity contribution in [1.29, 1.82) is 0 Å². The Balaban J connectivity index is 2.67. The van der Waals surface area contributed by atoms with Gasteiger partial charge in [-0.1, -0.05) is 32.0 Å². The van der Waals surface area contributed by atoms with E-state index >= 15 is 0 Å². The lowest BCUT2D eigenvalue weighted by Crippen LogP contribution is -2.36. The molecule has 1 atom stereocenters. The molecule has 0 radical (unpaired) electrons. The number of nitrogens with two attached hydrogens (primary N) is 1. The summed E-state index contributed by atoms with van der Waals surface area (Å²) >= 11 is 0. The van der Waals surface area contributed by atoms with E-state index in [-0.39, 0.29) is 5.91 Å². The number of para-hydroxylation sites is 1. The number of nitrogens with one attached hydrogen (secondary N) is 1. The summed E-state index contributed by atoms with van der Waals surface area (Å²) in [5.74, 6) is 0.281. The van der Waals surface area contributed by atoms with Gasteiger partial charge in [-0.15, -0.1) is 0 Å². The van der Waals surface area contributed by atoms with Gasteiger partial charge in [-0.2, -0.15) is 0 Å². The lowest BCUT2D eigenvalue weighted by molar-refractivity contribution is -0.117. The minimum atomic E-state index is -0.463. The van der Waals surface area contributed by atoms with Gasteiger partial charge in [0.15, 0.2) is 0 Å². The fraction of sp³-hybridized carbons (Fsp3) is 0.533. The number of carbonyl (C=O) groups excluding carboxylic acids is 1. The van der Waals surface area contributed by atoms with Crippen molar-refractivity contribution in [3.05, 3.63) is 29.8 Å². The fourth-order valence-corrected chi connectivity index (χ4v) is 1.91. The van der Waals surface area contributed by atoms with Gasteiger partial charge in [-0.3, -0.25) is 4.79 Å². The van der Waals surface area contributed by atoms with Crippen molar-refractivity contribution < 1.29 is 9.53 Å². The van der Waals surface area contributed by atoms with Crippen molar-refractivity contribution in [3.8, 4) is 0 Å². The van der Waals surface area contributed by atoms with Gasteiger partial charge in [-0.25, -0.2) is 0 Å². The molecule has 19 heavy (non-hydrogen) atoms. The lowest BCUT2D eigenvalue weighted by atomic mass is 10.0. The zero-order valence-corrected chi connectivity index (χ0v) is 12.0. The molecule has 1 rings (SSSR count). The molecule has 4 nitrogen and oxygen atoms in total. The molecule has 0 saturated carbocycles. The minimum Gasteiger partial charge on any atom is -0.384 e. The highest BCUT2D eigenvalue weighted by molar-refractivity contribution is 5.95. The summed E-state index contributed by atoms with van der Waals surface area (Å²) < 4.78 is 5.07. The highest BCUT2D eigenvalue weighted by atomic mass is 16.5. The maximum atomic E-state index is 12.0. The fourth-order valence-electron chi connectivity index (χ4n) is 1.91. The van der Waals surface area contributed by atoms with E-state index in [2.05, 4.69) is 19.2 Å². The maximum Gasteiger partial charge on any atom is 0.241 e. The Morgan fingerprint density at radius 1 is 1.37 bits per heavy atom. The molecule has 1 aromatic carbocycles. The molecule has 0 aromatic heterocycles. The molecule has 0 aliphatic heterocycles. The van der Waals surface area contributed by atoms with E-state index in [9.17, 15) is 4.79 Å². The first-order chi connectivity index (χ1) is 9.04. The number of ether oxygens (including phenoxy) is 1. The van der Waals surface area contributed by atoms with Crippen LogP contribution in [0.5, 0.6) is 0 Å². The van der Waals surface area contributed by atoms with Crippen molar-refractivity contribution in [3.63, 3.8) is 0 Å². The van der Waals surface area contributed by atoms with Gasteiger partial charge in [0.1, 0.15) is 0 Å². The van der Waals surface area contributed by atoms with Crippen LogP contribution in [-0.4, -0.2) is 25.7 Å². The second-order valence-corrected chi connectivity index (χ2v) is 5.13. The predicted molar refractivity (Wildman–Crippen MR) is 78.1 cm³/mol. The summed E-state index contributed by atoms with van der Waals surface area (Å²) in [5, 5.41) is 2.91. The first-order valence-corrected chi connectivity index (χ1v) is 6.68. The van der Waals surface area contributed by atoms with E-state index in [0.29, 0.717) is 18.9 Å². The second-order valence-electron chi connectivity index (χ2n) is 5.13. The van der Waals surface area contributed by atoms with Crippen LogP contribution in [0.3, 0.4) is 0 Å². The van der Waals surface area contributed by atoms with E-state index in [1.165, 1.54) is 0 Å². The Kier molecular flexibility index (Phi) is 6.53. The van der Waals surface area contributed by atoms with Crippen LogP contribution in [-0.2, 0) is 16.0 Å². The molecule has 0 aliphatic rings. The van der Waals surface area contributed by atoms with Gasteiger partial charge in [0.25, 0.3) is 0 Å². The minimum absolute atomic E-state index is 0.126. The molecule has 106 valence electrons. The Morgan fingerprint density at radius 2 is 2.05 bits per heavy atom. The van der Waals surface area contributed by atoms with Crippen LogP contribution in [0.1, 0.15) is 25.8 Å². The van der Waals surface area contributed by atoms with Gasteiger partial charge in [0, 0.05) is 12.8 Å². The summed E-state index contributed by atoms with van der Waals surface area (Å²) in [6.45, 7) is 4.74. The third kappa shape index (κ3) is 5.41. The number of hydrogen-bond donors (Lipinski definition) is 2. The van der Waals surface area contributed by atoms with Crippen LogP contribution in [0.15, 0.2) is 24.3 Å². The van der Waals surface area contributed by atoms with E-state index in [0.717, 1.165) is 17.7 Å². The third-order valence-corrected chi connectivity index (χ3v) is 2.91. The van der Waals surface area contributed by atoms with E-state index in [4.69, 9.17) is 10.5 Å². The number of methoxy groups -OCH3 is 1. The normalized spacial score (nSPS) is 12.5. The van der Waals surface area contributed by atoms with Gasteiger partial charge in [0.05, 0.1) is 12.6 Å². The summed E-state index contributed by atoms with van der Waals surface area (Å²) in [6.07, 6.45) is 1.46. The van der Waals surface area contributed by atoms with E-state index in [1.54, 1.807) is 7.11 Å². The average molecular weight is 264 g/mol. The number of carbonyl (C=O) groups is 1. The topological polar surface area (TPSA) is 64.3 Å². The number of amides is 1. The monoisotopic (exact) mass is 264 g/mol. The van der Waals surface area contributed by atoms with Crippen molar-refractivity contribution in [2.24, 2.45) is 11.7 Å². The summed E-state index contributed by atoms with van der Waals surface area (Å²) in [7, 11) is 1.67. The number of anilines is 1. The maximum absolute atomic E-state index is 12.0. The first kappa shape index (κ1) is 15.7. The third-order valence-electron chi connectivity index (χ3n) is 2.91. The van der Waals surface area contributed by atoms with Crippen LogP contribution in [0.25, 0.3) is 0 Å². The smallest absolute Gasteiger partial charge is 0.241 e. The van der Waals surface area contributed by atoms with E-state index in [1.807, 2.05) is 24.3 Å². The highest BCUT2D eigenvalue weighted by Crippen LogP contribution is 2.16. The van der Waals surface area contributed by atoms with Crippen LogP contribution in [0.2, 0.25) is 0 Å². The Labute approximate surface area is 115 Å². The quantitative estimate of drug-likeness (QED) is 0.793. The van der Waals surface area contributed by atoms with Gasteiger partial charge >= 0.3 is 0 Å². The lowest BCUT2D eigenvalue weighted by Gasteiger charge is -2.16. The SMILES string of the molecule is COCCc1ccccc1NC(=O)[C@@H](N)CC(C)C. The standard InChI is InChI=1S/C15H24N2O2/c1-11(2)10-13(16)15(18)17-14-7-5-4-6-12(14)8-9-19-3/h4-7,11,13H,8-10,16H2,1-3H3,(H,17,18)/t13-/m0/s1. The van der Waals surface area contributed by atoms with Gasteiger partial charge in [0.2, 0.25) is 5.91 Å². The molecule has 0 bridgehead atoms. The van der Waals surface area contributed by atoms with Crippen molar-refractivity contribution in [2.45, 2.75) is 32.7 Å². The molecule has 0 unspecified atom stereocenters. The van der Waals surface area contributed by atoms with Gasteiger partial charge < -0.3 is 15.8 Å². The van der Waals surface area contributed by atoms with Crippen LogP contribution in [0, 0.1) is 5.92 Å². The number of benzene rings is 1. The van der Waals surface area contributed by atoms with Crippen molar-refractivity contribution >= 4 is 11.6 Å². The molecule has 0 fully saturated rings. The van der Waals surface area contributed by atoms with Crippen molar-refractivity contribution in [1.82, 2.24) is 0 Å². The van der Waals surface area contributed by atoms with Crippen LogP contribution >= 0.6 is 0 Å². The molecule has 0 spiro atoms. The molecule has 1 aromatic rings. The van der Waals surface area contributed by atoms with Crippen LogP contribution in [0.4, 0.5) is 5.69 Å². The van der Waals surface area contributed by atoms with E-state index < -0.39 is 6.04 Å². The number of hydrogen-bond acceptors (Lipinski definition) is 3. The molecule has 0 saturated heterocycles. The van der Waals surface area contributed by atoms with Crippen LogP contribution < -0.4 is 11.1 Å². The Morgan fingerprint density at radius 3 is 2.68 bits per heavy atom.